The van der Waals surface area contributed by atoms with E-state index in [0.717, 1.165) is 35.0 Å². The highest BCUT2D eigenvalue weighted by Gasteiger charge is 2.50. The fraction of sp³-hybridized carbons (Fsp3) is 0.500. The van der Waals surface area contributed by atoms with E-state index in [1.165, 1.54) is 0 Å². The van der Waals surface area contributed by atoms with Crippen molar-refractivity contribution in [1.29, 1.82) is 0 Å². The van der Waals surface area contributed by atoms with Crippen LogP contribution < -0.4 is 10.1 Å². The van der Waals surface area contributed by atoms with E-state index in [1.807, 2.05) is 25.2 Å². The zero-order valence-electron chi connectivity index (χ0n) is 11.1. The standard InChI is InChI=1S/C14H18BrNO3/c1-16-12(14(13(17)18)6-3-7-14)9-4-5-11(19-2)10(15)8-9/h4-5,8,12,16H,3,6-7H2,1-2H3,(H,17,18). The fourth-order valence-corrected chi connectivity index (χ4v) is 3.37. The minimum absolute atomic E-state index is 0.180. The lowest BCUT2D eigenvalue weighted by atomic mass is 9.62. The molecule has 104 valence electrons. The van der Waals surface area contributed by atoms with Crippen LogP contribution in [0.4, 0.5) is 0 Å². The van der Waals surface area contributed by atoms with Crippen molar-refractivity contribution in [3.8, 4) is 5.75 Å². The second-order valence-electron chi connectivity index (χ2n) is 4.93. The van der Waals surface area contributed by atoms with Gasteiger partial charge < -0.3 is 15.2 Å². The molecule has 0 amide bonds. The smallest absolute Gasteiger partial charge is 0.311 e. The van der Waals surface area contributed by atoms with Crippen LogP contribution in [0, 0.1) is 5.41 Å². The van der Waals surface area contributed by atoms with Crippen LogP contribution in [-0.2, 0) is 4.79 Å². The van der Waals surface area contributed by atoms with Crippen LogP contribution in [0.3, 0.4) is 0 Å². The number of hydrogen-bond acceptors (Lipinski definition) is 3. The number of hydrogen-bond donors (Lipinski definition) is 2. The maximum atomic E-state index is 11.6. The molecule has 1 aliphatic carbocycles. The Morgan fingerprint density at radius 1 is 1.53 bits per heavy atom. The lowest BCUT2D eigenvalue weighted by Gasteiger charge is -2.44. The van der Waals surface area contributed by atoms with Crippen LogP contribution in [0.2, 0.25) is 0 Å². The van der Waals surface area contributed by atoms with Crippen molar-refractivity contribution < 1.29 is 14.6 Å². The molecule has 19 heavy (non-hydrogen) atoms. The van der Waals surface area contributed by atoms with Gasteiger partial charge >= 0.3 is 5.97 Å². The minimum atomic E-state index is -0.718. The second kappa shape index (κ2) is 5.51. The second-order valence-corrected chi connectivity index (χ2v) is 5.78. The largest absolute Gasteiger partial charge is 0.496 e. The number of rotatable bonds is 5. The lowest BCUT2D eigenvalue weighted by Crippen LogP contribution is -2.47. The molecular weight excluding hydrogens is 310 g/mol. The van der Waals surface area contributed by atoms with Gasteiger partial charge in [-0.3, -0.25) is 4.79 Å². The van der Waals surface area contributed by atoms with Gasteiger partial charge in [-0.1, -0.05) is 12.5 Å². The van der Waals surface area contributed by atoms with E-state index >= 15 is 0 Å². The Balaban J connectivity index is 2.37. The molecule has 1 unspecified atom stereocenters. The number of carboxylic acids is 1. The molecule has 1 saturated carbocycles. The third kappa shape index (κ3) is 2.37. The van der Waals surface area contributed by atoms with Crippen LogP contribution in [0.15, 0.2) is 22.7 Å². The summed E-state index contributed by atoms with van der Waals surface area (Å²) < 4.78 is 6.04. The van der Waals surface area contributed by atoms with Crippen molar-refractivity contribution in [1.82, 2.24) is 5.32 Å². The van der Waals surface area contributed by atoms with Gasteiger partial charge in [-0.05, 0) is 53.5 Å². The van der Waals surface area contributed by atoms with Gasteiger partial charge in [0.05, 0.1) is 17.0 Å². The summed E-state index contributed by atoms with van der Waals surface area (Å²) in [4.78, 5) is 11.6. The third-order valence-corrected chi connectivity index (χ3v) is 4.64. The molecule has 0 bridgehead atoms. The van der Waals surface area contributed by atoms with Gasteiger partial charge in [0.2, 0.25) is 0 Å². The van der Waals surface area contributed by atoms with Crippen molar-refractivity contribution in [2.75, 3.05) is 14.2 Å². The Bertz CT molecular complexity index is 486. The first-order chi connectivity index (χ1) is 9.05. The van der Waals surface area contributed by atoms with Gasteiger partial charge in [-0.2, -0.15) is 0 Å². The molecule has 2 N–H and O–H groups in total. The van der Waals surface area contributed by atoms with E-state index in [4.69, 9.17) is 4.74 Å². The quantitative estimate of drug-likeness (QED) is 0.872. The summed E-state index contributed by atoms with van der Waals surface area (Å²) in [6.07, 6.45) is 2.41. The van der Waals surface area contributed by atoms with Gasteiger partial charge in [-0.25, -0.2) is 0 Å². The van der Waals surface area contributed by atoms with Crippen molar-refractivity contribution >= 4 is 21.9 Å². The predicted molar refractivity (Wildman–Crippen MR) is 76.4 cm³/mol. The average molecular weight is 328 g/mol. The third-order valence-electron chi connectivity index (χ3n) is 4.02. The van der Waals surface area contributed by atoms with Gasteiger partial charge in [0.1, 0.15) is 5.75 Å². The SMILES string of the molecule is CNC(c1ccc(OC)c(Br)c1)C1(C(=O)O)CCC1. The van der Waals surface area contributed by atoms with E-state index in [9.17, 15) is 9.90 Å². The van der Waals surface area contributed by atoms with E-state index in [-0.39, 0.29) is 6.04 Å². The predicted octanol–water partition coefficient (Wildman–Crippen LogP) is 2.97. The first kappa shape index (κ1) is 14.3. The normalized spacial score (nSPS) is 18.5. The topological polar surface area (TPSA) is 58.6 Å². The first-order valence-corrected chi connectivity index (χ1v) is 7.08. The molecule has 0 aliphatic heterocycles. The number of methoxy groups -OCH3 is 1. The molecule has 0 heterocycles. The van der Waals surface area contributed by atoms with Crippen molar-refractivity contribution in [3.05, 3.63) is 28.2 Å². The number of aliphatic carboxylic acids is 1. The summed E-state index contributed by atoms with van der Waals surface area (Å²) in [7, 11) is 3.42. The van der Waals surface area contributed by atoms with Crippen LogP contribution in [-0.4, -0.2) is 25.2 Å². The summed E-state index contributed by atoms with van der Waals surface area (Å²) in [6.45, 7) is 0. The first-order valence-electron chi connectivity index (χ1n) is 6.29. The Hall–Kier alpha value is -1.07. The Labute approximate surface area is 121 Å². The lowest BCUT2D eigenvalue weighted by molar-refractivity contribution is -0.157. The Morgan fingerprint density at radius 2 is 2.21 bits per heavy atom. The van der Waals surface area contributed by atoms with Gasteiger partial charge in [0.15, 0.2) is 0 Å². The maximum absolute atomic E-state index is 11.6. The van der Waals surface area contributed by atoms with Crippen LogP contribution in [0.1, 0.15) is 30.9 Å². The van der Waals surface area contributed by atoms with Crippen LogP contribution in [0.25, 0.3) is 0 Å². The van der Waals surface area contributed by atoms with Crippen molar-refractivity contribution in [3.63, 3.8) is 0 Å². The molecule has 0 aromatic heterocycles. The summed E-state index contributed by atoms with van der Waals surface area (Å²) in [5.74, 6) is 0.0293. The molecule has 0 saturated heterocycles. The highest BCUT2D eigenvalue weighted by Crippen LogP contribution is 2.50. The molecular formula is C14H18BrNO3. The summed E-state index contributed by atoms with van der Waals surface area (Å²) in [6, 6.07) is 5.54. The maximum Gasteiger partial charge on any atom is 0.311 e. The Kier molecular flexibility index (Phi) is 4.16. The molecule has 1 aromatic carbocycles. The zero-order valence-corrected chi connectivity index (χ0v) is 12.7. The highest BCUT2D eigenvalue weighted by molar-refractivity contribution is 9.10. The Morgan fingerprint density at radius 3 is 2.58 bits per heavy atom. The van der Waals surface area contributed by atoms with Crippen LogP contribution in [0.5, 0.6) is 5.75 Å². The molecule has 1 aromatic rings. The van der Waals surface area contributed by atoms with Crippen LogP contribution >= 0.6 is 15.9 Å². The molecule has 5 heteroatoms. The molecule has 0 radical (unpaired) electrons. The molecule has 1 atom stereocenters. The number of benzene rings is 1. The number of carboxylic acid groups (broad SMARTS) is 1. The number of ether oxygens (including phenoxy) is 1. The molecule has 1 fully saturated rings. The van der Waals surface area contributed by atoms with Gasteiger partial charge in [0, 0.05) is 6.04 Å². The van der Waals surface area contributed by atoms with Gasteiger partial charge in [-0.15, -0.1) is 0 Å². The van der Waals surface area contributed by atoms with E-state index in [0.29, 0.717) is 0 Å². The average Bonchev–Trinajstić information content (AvgIpc) is 2.32. The fourth-order valence-electron chi connectivity index (χ4n) is 2.81. The zero-order chi connectivity index (χ0) is 14.0. The summed E-state index contributed by atoms with van der Waals surface area (Å²) in [5.41, 5.74) is 0.292. The summed E-state index contributed by atoms with van der Waals surface area (Å²) in [5, 5.41) is 12.7. The number of halogens is 1. The summed E-state index contributed by atoms with van der Waals surface area (Å²) >= 11 is 3.45. The van der Waals surface area contributed by atoms with Crippen molar-refractivity contribution in [2.45, 2.75) is 25.3 Å². The monoisotopic (exact) mass is 327 g/mol. The molecule has 1 aliphatic rings. The van der Waals surface area contributed by atoms with E-state index in [2.05, 4.69) is 21.2 Å². The number of nitrogens with one attached hydrogen (secondary N) is 1. The molecule has 4 nitrogen and oxygen atoms in total. The van der Waals surface area contributed by atoms with E-state index in [1.54, 1.807) is 7.11 Å². The van der Waals surface area contributed by atoms with Crippen molar-refractivity contribution in [2.24, 2.45) is 5.41 Å². The molecule has 0 spiro atoms. The number of carbonyl (C=O) groups is 1. The van der Waals surface area contributed by atoms with Gasteiger partial charge in [0.25, 0.3) is 0 Å². The highest BCUT2D eigenvalue weighted by atomic mass is 79.9. The van der Waals surface area contributed by atoms with E-state index < -0.39 is 11.4 Å². The minimum Gasteiger partial charge on any atom is -0.496 e. The molecule has 2 rings (SSSR count).